The van der Waals surface area contributed by atoms with E-state index in [9.17, 15) is 24.0 Å². The molecule has 7 heteroatoms. The maximum Gasteiger partial charge on any atom is 0.307 e. The summed E-state index contributed by atoms with van der Waals surface area (Å²) in [5.74, 6) is -2.90. The summed E-state index contributed by atoms with van der Waals surface area (Å²) in [6, 6.07) is 1.90. The fraction of sp³-hybridized carbons (Fsp3) is 0.400. The molecule has 2 rings (SSSR count). The van der Waals surface area contributed by atoms with Crippen molar-refractivity contribution in [3.63, 3.8) is 0 Å². The van der Waals surface area contributed by atoms with Crippen LogP contribution in [0.3, 0.4) is 0 Å². The summed E-state index contributed by atoms with van der Waals surface area (Å²) < 4.78 is 26.8. The average Bonchev–Trinajstić information content (AvgIpc) is 2.18. The molecule has 1 fully saturated rings. The number of hydrogen-bond acceptors (Lipinski definition) is 4. The number of halogens is 2. The first-order valence-corrected chi connectivity index (χ1v) is 5.06. The zero-order valence-electron chi connectivity index (χ0n) is 8.77. The Morgan fingerprint density at radius 3 is 2.47 bits per heavy atom. The first-order valence-electron chi connectivity index (χ1n) is 5.06. The highest BCUT2D eigenvalue weighted by atomic mass is 19.2. The van der Waals surface area contributed by atoms with Crippen LogP contribution >= 0.6 is 0 Å². The van der Waals surface area contributed by atoms with Crippen LogP contribution in [-0.2, 0) is 0 Å². The summed E-state index contributed by atoms with van der Waals surface area (Å²) in [7, 11) is 0. The Labute approximate surface area is 95.4 Å². The second-order valence-corrected chi connectivity index (χ2v) is 3.82. The minimum Gasteiger partial charge on any atom is -0.374 e. The SMILES string of the molecule is O=[N+]([O-])c1ccc(C(O)N2CCC2)c(F)c1F. The lowest BCUT2D eigenvalue weighted by molar-refractivity contribution is -0.387. The van der Waals surface area contributed by atoms with Gasteiger partial charge in [-0.1, -0.05) is 0 Å². The lowest BCUT2D eigenvalue weighted by atomic mass is 10.1. The van der Waals surface area contributed by atoms with Crippen LogP contribution in [-0.4, -0.2) is 28.0 Å². The van der Waals surface area contributed by atoms with Crippen LogP contribution in [0.5, 0.6) is 0 Å². The highest BCUT2D eigenvalue weighted by Crippen LogP contribution is 2.29. The van der Waals surface area contributed by atoms with E-state index in [2.05, 4.69) is 0 Å². The molecule has 92 valence electrons. The molecule has 1 aromatic carbocycles. The van der Waals surface area contributed by atoms with E-state index in [0.29, 0.717) is 13.1 Å². The number of hydrogen-bond donors (Lipinski definition) is 1. The fourth-order valence-electron chi connectivity index (χ4n) is 1.68. The lowest BCUT2D eigenvalue weighted by Crippen LogP contribution is -2.40. The van der Waals surface area contributed by atoms with E-state index in [0.717, 1.165) is 18.6 Å². The minimum atomic E-state index is -1.54. The van der Waals surface area contributed by atoms with Gasteiger partial charge in [0.25, 0.3) is 0 Å². The molecule has 0 aliphatic carbocycles. The maximum absolute atomic E-state index is 13.5. The molecule has 17 heavy (non-hydrogen) atoms. The molecule has 0 radical (unpaired) electrons. The predicted molar refractivity (Wildman–Crippen MR) is 54.2 cm³/mol. The van der Waals surface area contributed by atoms with Gasteiger partial charge in [-0.15, -0.1) is 0 Å². The number of nitro groups is 1. The van der Waals surface area contributed by atoms with Gasteiger partial charge in [0, 0.05) is 24.7 Å². The van der Waals surface area contributed by atoms with Crippen molar-refractivity contribution >= 4 is 5.69 Å². The van der Waals surface area contributed by atoms with Gasteiger partial charge in [-0.3, -0.25) is 15.0 Å². The van der Waals surface area contributed by atoms with E-state index in [1.165, 1.54) is 0 Å². The molecule has 1 saturated heterocycles. The van der Waals surface area contributed by atoms with E-state index in [1.54, 1.807) is 4.90 Å². The van der Waals surface area contributed by atoms with E-state index < -0.39 is 28.5 Å². The zero-order valence-corrected chi connectivity index (χ0v) is 8.77. The molecule has 0 amide bonds. The van der Waals surface area contributed by atoms with Crippen LogP contribution in [0.15, 0.2) is 12.1 Å². The van der Waals surface area contributed by atoms with Gasteiger partial charge in [-0.25, -0.2) is 4.39 Å². The maximum atomic E-state index is 13.5. The molecule has 0 saturated carbocycles. The van der Waals surface area contributed by atoms with Crippen molar-refractivity contribution in [2.45, 2.75) is 12.6 Å². The topological polar surface area (TPSA) is 66.6 Å². The van der Waals surface area contributed by atoms with Crippen LogP contribution < -0.4 is 0 Å². The minimum absolute atomic E-state index is 0.271. The third-order valence-corrected chi connectivity index (χ3v) is 2.80. The van der Waals surface area contributed by atoms with Crippen molar-refractivity contribution in [2.75, 3.05) is 13.1 Å². The van der Waals surface area contributed by atoms with E-state index in [-0.39, 0.29) is 5.56 Å². The molecular weight excluding hydrogens is 234 g/mol. The van der Waals surface area contributed by atoms with Crippen molar-refractivity contribution in [1.82, 2.24) is 4.90 Å². The molecule has 1 atom stereocenters. The van der Waals surface area contributed by atoms with Gasteiger partial charge in [0.05, 0.1) is 4.92 Å². The molecule has 0 spiro atoms. The Morgan fingerprint density at radius 2 is 2.00 bits per heavy atom. The predicted octanol–water partition coefficient (Wildman–Crippen LogP) is 1.57. The van der Waals surface area contributed by atoms with Crippen LogP contribution in [0.1, 0.15) is 18.2 Å². The fourth-order valence-corrected chi connectivity index (χ4v) is 1.68. The monoisotopic (exact) mass is 244 g/mol. The highest BCUT2D eigenvalue weighted by molar-refractivity contribution is 5.37. The Balaban J connectivity index is 2.36. The van der Waals surface area contributed by atoms with Gasteiger partial charge in [0.2, 0.25) is 5.82 Å². The molecule has 1 aliphatic rings. The summed E-state index contributed by atoms with van der Waals surface area (Å²) >= 11 is 0. The standard InChI is InChI=1S/C10H10F2N2O3/c11-8-6(10(15)13-4-1-5-13)2-3-7(9(8)12)14(16)17/h2-3,10,15H,1,4-5H2. The van der Waals surface area contributed by atoms with E-state index in [1.807, 2.05) is 0 Å². The molecule has 5 nitrogen and oxygen atoms in total. The Morgan fingerprint density at radius 1 is 1.35 bits per heavy atom. The number of nitrogens with zero attached hydrogens (tertiary/aromatic N) is 2. The molecule has 1 N–H and O–H groups in total. The second kappa shape index (κ2) is 4.34. The number of benzene rings is 1. The lowest BCUT2D eigenvalue weighted by Gasteiger charge is -2.35. The zero-order chi connectivity index (χ0) is 12.6. The van der Waals surface area contributed by atoms with Crippen molar-refractivity contribution in [3.8, 4) is 0 Å². The van der Waals surface area contributed by atoms with Gasteiger partial charge in [0.1, 0.15) is 6.23 Å². The Hall–Kier alpha value is -1.60. The smallest absolute Gasteiger partial charge is 0.307 e. The van der Waals surface area contributed by atoms with E-state index in [4.69, 9.17) is 0 Å². The molecule has 1 heterocycles. The summed E-state index contributed by atoms with van der Waals surface area (Å²) in [6.07, 6.45) is -0.368. The van der Waals surface area contributed by atoms with E-state index >= 15 is 0 Å². The van der Waals surface area contributed by atoms with Crippen molar-refractivity contribution in [2.24, 2.45) is 0 Å². The third-order valence-electron chi connectivity index (χ3n) is 2.80. The van der Waals surface area contributed by atoms with Gasteiger partial charge in [0.15, 0.2) is 5.82 Å². The largest absolute Gasteiger partial charge is 0.374 e. The molecule has 1 aliphatic heterocycles. The molecule has 0 bridgehead atoms. The first kappa shape index (κ1) is 11.9. The quantitative estimate of drug-likeness (QED) is 0.647. The Bertz CT molecular complexity index is 463. The molecule has 0 aromatic heterocycles. The van der Waals surface area contributed by atoms with Crippen molar-refractivity contribution < 1.29 is 18.8 Å². The highest BCUT2D eigenvalue weighted by Gasteiger charge is 2.29. The number of aliphatic hydroxyl groups is 1. The summed E-state index contributed by atoms with van der Waals surface area (Å²) in [5.41, 5.74) is -1.20. The van der Waals surface area contributed by atoms with Crippen molar-refractivity contribution in [1.29, 1.82) is 0 Å². The number of likely N-dealkylation sites (tertiary alicyclic amines) is 1. The van der Waals surface area contributed by atoms with Crippen LogP contribution in [0, 0.1) is 21.7 Å². The molecular formula is C10H10F2N2O3. The molecule has 1 aromatic rings. The first-order chi connectivity index (χ1) is 8.02. The Kier molecular flexibility index (Phi) is 3.03. The molecule has 1 unspecified atom stereocenters. The van der Waals surface area contributed by atoms with Gasteiger partial charge in [-0.2, -0.15) is 4.39 Å². The summed E-state index contributed by atoms with van der Waals surface area (Å²) in [6.45, 7) is 1.19. The third kappa shape index (κ3) is 1.98. The van der Waals surface area contributed by atoms with Gasteiger partial charge < -0.3 is 5.11 Å². The van der Waals surface area contributed by atoms with Crippen LogP contribution in [0.2, 0.25) is 0 Å². The van der Waals surface area contributed by atoms with Gasteiger partial charge >= 0.3 is 5.69 Å². The number of nitro benzene ring substituents is 1. The van der Waals surface area contributed by atoms with Gasteiger partial charge in [-0.05, 0) is 12.5 Å². The van der Waals surface area contributed by atoms with Crippen LogP contribution in [0.25, 0.3) is 0 Å². The summed E-state index contributed by atoms with van der Waals surface area (Å²) in [5, 5.41) is 20.1. The van der Waals surface area contributed by atoms with Crippen molar-refractivity contribution in [3.05, 3.63) is 39.4 Å². The second-order valence-electron chi connectivity index (χ2n) is 3.82. The number of rotatable bonds is 3. The van der Waals surface area contributed by atoms with Crippen LogP contribution in [0.4, 0.5) is 14.5 Å². The average molecular weight is 244 g/mol. The number of aliphatic hydroxyl groups excluding tert-OH is 1. The normalized spacial score (nSPS) is 17.6. The summed E-state index contributed by atoms with van der Waals surface area (Å²) in [4.78, 5) is 10.9.